The number of fused-ring (bicyclic) bond motifs is 2. The van der Waals surface area contributed by atoms with Crippen molar-refractivity contribution in [3.8, 4) is 0 Å². The predicted octanol–water partition coefficient (Wildman–Crippen LogP) is 5.49. The van der Waals surface area contributed by atoms with Crippen LogP contribution in [-0.4, -0.2) is 21.8 Å². The van der Waals surface area contributed by atoms with Gasteiger partial charge in [-0.05, 0) is 95.2 Å². The molecule has 6 aliphatic carbocycles. The van der Waals surface area contributed by atoms with E-state index in [1.807, 2.05) is 11.1 Å². The Morgan fingerprint density at radius 3 is 1.56 bits per heavy atom. The molecule has 0 heterocycles. The number of rotatable bonds is 0. The molecule has 6 atom stereocenters. The first kappa shape index (κ1) is 30.2. The minimum absolute atomic E-state index is 0. The quantitative estimate of drug-likeness (QED) is 0.316. The van der Waals surface area contributed by atoms with E-state index in [-0.39, 0.29) is 56.9 Å². The van der Waals surface area contributed by atoms with E-state index >= 15 is 0 Å². The van der Waals surface area contributed by atoms with Crippen molar-refractivity contribution >= 4 is 16.3 Å². The molecule has 6 unspecified atom stereocenters. The maximum Gasteiger partial charge on any atom is 1.00 e. The van der Waals surface area contributed by atoms with Crippen LogP contribution in [0.15, 0.2) is 23.3 Å². The van der Waals surface area contributed by atoms with E-state index in [4.69, 9.17) is 0 Å². The van der Waals surface area contributed by atoms with E-state index in [0.29, 0.717) is 32.5 Å². The van der Waals surface area contributed by atoms with Crippen LogP contribution in [0.2, 0.25) is 4.78 Å². The van der Waals surface area contributed by atoms with Crippen LogP contribution in [0.4, 0.5) is 0 Å². The average Bonchev–Trinajstić information content (AvgIpc) is 3.36. The first-order valence-electron chi connectivity index (χ1n) is 13.9. The van der Waals surface area contributed by atoms with E-state index in [1.54, 1.807) is 0 Å². The van der Waals surface area contributed by atoms with Crippen molar-refractivity contribution in [3.63, 3.8) is 0 Å². The van der Waals surface area contributed by atoms with Gasteiger partial charge in [0, 0.05) is 0 Å². The standard InChI is InChI=1S/C16H26.C15H23.Al.K.H2O.H/c1-11-8-13-15(4,5)12-6-7-16(13,10-12)14(2,3)9-11;1-13(2)8-5-6-12-14(3,4)11-7-9-15(12,13)10-11;;;;/h8,11-12H,6-7,9-10H2,1-5H3;5-6,11H,7-10H2,1-4H3;;;1H2;/q;;;+1;;/p-1. The molecular weight excluding hydrogens is 454 g/mol. The van der Waals surface area contributed by atoms with Crippen LogP contribution < -0.4 is 51.4 Å². The first-order chi connectivity index (χ1) is 14.6. The molecule has 4 saturated carbocycles. The Morgan fingerprint density at radius 2 is 1.09 bits per heavy atom. The summed E-state index contributed by atoms with van der Waals surface area (Å²) in [7, 11) is 0. The largest absolute Gasteiger partial charge is 1.00 e. The Labute approximate surface area is 262 Å². The van der Waals surface area contributed by atoms with Crippen molar-refractivity contribution in [1.29, 1.82) is 0 Å². The van der Waals surface area contributed by atoms with Gasteiger partial charge in [0.25, 0.3) is 0 Å². The van der Waals surface area contributed by atoms with E-state index in [1.165, 1.54) is 51.4 Å². The number of hydrogen-bond donors (Lipinski definition) is 0. The third kappa shape index (κ3) is 3.91. The molecule has 6 rings (SSSR count). The maximum atomic E-state index is 2.66. The van der Waals surface area contributed by atoms with Crippen LogP contribution in [0.1, 0.15) is 114 Å². The molecule has 2 spiro atoms. The van der Waals surface area contributed by atoms with Gasteiger partial charge in [0.1, 0.15) is 0 Å². The second-order valence-corrected chi connectivity index (χ2v) is 16.6. The fourth-order valence-electron chi connectivity index (χ4n) is 10.7. The van der Waals surface area contributed by atoms with Crippen molar-refractivity contribution < 1.29 is 56.9 Å². The maximum absolute atomic E-state index is 2.66. The molecular formula is C31H51AlKO. The van der Waals surface area contributed by atoms with Gasteiger partial charge in [-0.2, -0.15) is 0 Å². The molecule has 34 heavy (non-hydrogen) atoms. The molecule has 4 fully saturated rings. The van der Waals surface area contributed by atoms with Crippen LogP contribution >= 0.6 is 0 Å². The zero-order valence-electron chi connectivity index (χ0n) is 24.3. The van der Waals surface area contributed by atoms with E-state index in [9.17, 15) is 0 Å². The van der Waals surface area contributed by atoms with Crippen molar-refractivity contribution in [3.05, 3.63) is 23.3 Å². The number of hydrogen-bond acceptors (Lipinski definition) is 1. The van der Waals surface area contributed by atoms with E-state index in [2.05, 4.69) is 90.8 Å². The normalized spacial score (nSPS) is 44.9. The Kier molecular flexibility index (Phi) is 8.05. The molecule has 0 saturated heterocycles. The Bertz CT molecular complexity index is 808. The molecule has 0 amide bonds. The van der Waals surface area contributed by atoms with Crippen molar-refractivity contribution in [2.24, 2.45) is 50.2 Å². The molecule has 0 aliphatic heterocycles. The summed E-state index contributed by atoms with van der Waals surface area (Å²) in [5.74, 6) is 2.71. The Morgan fingerprint density at radius 1 is 0.676 bits per heavy atom. The third-order valence-corrected chi connectivity index (χ3v) is 13.1. The van der Waals surface area contributed by atoms with Crippen molar-refractivity contribution in [1.82, 2.24) is 0 Å². The molecule has 1 N–H and O–H groups in total. The van der Waals surface area contributed by atoms with Crippen LogP contribution in [0.25, 0.3) is 0 Å². The summed E-state index contributed by atoms with van der Waals surface area (Å²) in [6, 6.07) is 0. The molecule has 0 aromatic rings. The summed E-state index contributed by atoms with van der Waals surface area (Å²) >= 11 is 2.19. The van der Waals surface area contributed by atoms with Crippen molar-refractivity contribution in [2.75, 3.05) is 0 Å². The average molecular weight is 506 g/mol. The zero-order chi connectivity index (χ0) is 23.5. The van der Waals surface area contributed by atoms with Crippen LogP contribution in [0.3, 0.4) is 0 Å². The van der Waals surface area contributed by atoms with Gasteiger partial charge in [-0.15, -0.1) is 0 Å². The van der Waals surface area contributed by atoms with Crippen LogP contribution in [-0.2, 0) is 0 Å². The minimum atomic E-state index is 0. The molecule has 1 nitrogen and oxygen atoms in total. The number of allylic oxidation sites excluding steroid dienone is 4. The molecule has 1 radical (unpaired) electrons. The van der Waals surface area contributed by atoms with Gasteiger partial charge in [0.05, 0.1) is 0 Å². The fourth-order valence-corrected chi connectivity index (χ4v) is 11.6. The summed E-state index contributed by atoms with van der Waals surface area (Å²) in [4.78, 5) is 0. The fraction of sp³-hybridized carbons (Fsp3) is 0.871. The SMILES string of the molecule is CC1(C)C2=C[CH]([AlH])CC(C)(C)C23CCC1C3.CC1C=C2C(C)(C)C3CCC2(C3)C(C)(C)C1.[K+].[OH-]. The van der Waals surface area contributed by atoms with Crippen molar-refractivity contribution in [2.45, 2.75) is 118 Å². The molecule has 0 aromatic heterocycles. The smallest absolute Gasteiger partial charge is 0.870 e. The summed E-state index contributed by atoms with van der Waals surface area (Å²) in [5.41, 5.74) is 6.88. The van der Waals surface area contributed by atoms with E-state index < -0.39 is 0 Å². The molecule has 6 aliphatic rings. The van der Waals surface area contributed by atoms with E-state index in [0.717, 1.165) is 22.5 Å². The Hall–Kier alpha value is 1.61. The van der Waals surface area contributed by atoms with Gasteiger partial charge < -0.3 is 5.48 Å². The first-order valence-corrected chi connectivity index (χ1v) is 14.7. The summed E-state index contributed by atoms with van der Waals surface area (Å²) < 4.78 is 0.814. The van der Waals surface area contributed by atoms with Crippen LogP contribution in [0.5, 0.6) is 0 Å². The van der Waals surface area contributed by atoms with Gasteiger partial charge in [-0.25, -0.2) is 0 Å². The predicted molar refractivity (Wildman–Crippen MR) is 142 cm³/mol. The minimum Gasteiger partial charge on any atom is -0.870 e. The monoisotopic (exact) mass is 505 g/mol. The summed E-state index contributed by atoms with van der Waals surface area (Å²) in [5, 5.41) is 0. The summed E-state index contributed by atoms with van der Waals surface area (Å²) in [6.45, 7) is 22.5. The topological polar surface area (TPSA) is 30.0 Å². The summed E-state index contributed by atoms with van der Waals surface area (Å²) in [6.07, 6.45) is 16.9. The van der Waals surface area contributed by atoms with Gasteiger partial charge in [0.2, 0.25) is 0 Å². The van der Waals surface area contributed by atoms with Crippen LogP contribution in [0, 0.1) is 50.2 Å². The molecule has 3 heteroatoms. The van der Waals surface area contributed by atoms with Gasteiger partial charge in [-0.1, -0.05) is 96.8 Å². The Balaban J connectivity index is 0.000000180. The zero-order valence-corrected chi connectivity index (χ0v) is 28.8. The molecule has 185 valence electrons. The van der Waals surface area contributed by atoms with Gasteiger partial charge in [-0.3, -0.25) is 0 Å². The van der Waals surface area contributed by atoms with Gasteiger partial charge in [0.15, 0.2) is 16.3 Å². The van der Waals surface area contributed by atoms with Gasteiger partial charge >= 0.3 is 51.4 Å². The second-order valence-electron chi connectivity index (χ2n) is 15.6. The molecule has 4 bridgehead atoms. The second kappa shape index (κ2) is 9.08. The molecule has 0 aromatic carbocycles. The third-order valence-electron chi connectivity index (χ3n) is 12.5.